The minimum atomic E-state index is -0.389. The standard InChI is InChI=1S/C24H25FN2O4/c25-21-7-5-18(6-8-21)23(29)26-12-10-19(11-13-26)24(30)31-16-22(28)27-14-9-17-3-1-2-4-20(17)15-27/h1-8,19H,9-16H2. The second kappa shape index (κ2) is 9.29. The van der Waals surface area contributed by atoms with Crippen LogP contribution in [-0.4, -0.2) is 53.8 Å². The molecule has 31 heavy (non-hydrogen) atoms. The van der Waals surface area contributed by atoms with E-state index in [1.807, 2.05) is 18.2 Å². The maximum atomic E-state index is 13.0. The molecule has 0 spiro atoms. The van der Waals surface area contributed by atoms with Gasteiger partial charge in [-0.1, -0.05) is 24.3 Å². The largest absolute Gasteiger partial charge is 0.455 e. The molecular formula is C24H25FN2O4. The molecule has 2 amide bonds. The average Bonchev–Trinajstić information content (AvgIpc) is 2.82. The van der Waals surface area contributed by atoms with Gasteiger partial charge in [0.15, 0.2) is 6.61 Å². The number of halogens is 1. The number of nitrogens with zero attached hydrogens (tertiary/aromatic N) is 2. The fraction of sp³-hybridized carbons (Fsp3) is 0.375. The first-order valence-corrected chi connectivity index (χ1v) is 10.6. The lowest BCUT2D eigenvalue weighted by molar-refractivity contribution is -0.157. The number of fused-ring (bicyclic) bond motifs is 1. The molecule has 2 aromatic rings. The molecule has 1 saturated heterocycles. The van der Waals surface area contributed by atoms with Crippen molar-refractivity contribution >= 4 is 17.8 Å². The van der Waals surface area contributed by atoms with Crippen molar-refractivity contribution in [3.8, 4) is 0 Å². The zero-order valence-electron chi connectivity index (χ0n) is 17.3. The molecule has 162 valence electrons. The van der Waals surface area contributed by atoms with Crippen LogP contribution < -0.4 is 0 Å². The van der Waals surface area contributed by atoms with Gasteiger partial charge in [0.2, 0.25) is 0 Å². The van der Waals surface area contributed by atoms with Crippen LogP contribution in [0.2, 0.25) is 0 Å². The number of likely N-dealkylation sites (tertiary alicyclic amines) is 1. The molecule has 0 aromatic heterocycles. The summed E-state index contributed by atoms with van der Waals surface area (Å²) in [6, 6.07) is 13.5. The SMILES string of the molecule is O=C(OCC(=O)N1CCc2ccccc2C1)C1CCN(C(=O)c2ccc(F)cc2)CC1. The second-order valence-corrected chi connectivity index (χ2v) is 8.02. The molecule has 0 bridgehead atoms. The number of piperidine rings is 1. The summed E-state index contributed by atoms with van der Waals surface area (Å²) in [6.07, 6.45) is 1.77. The highest BCUT2D eigenvalue weighted by Crippen LogP contribution is 2.22. The molecule has 7 heteroatoms. The van der Waals surface area contributed by atoms with Crippen LogP contribution >= 0.6 is 0 Å². The molecule has 0 saturated carbocycles. The Labute approximate surface area is 180 Å². The molecule has 0 N–H and O–H groups in total. The minimum absolute atomic E-state index is 0.174. The van der Waals surface area contributed by atoms with Crippen LogP contribution in [0.15, 0.2) is 48.5 Å². The van der Waals surface area contributed by atoms with Gasteiger partial charge in [-0.15, -0.1) is 0 Å². The van der Waals surface area contributed by atoms with E-state index in [1.54, 1.807) is 9.80 Å². The Bertz CT molecular complexity index is 968. The number of carbonyl (C=O) groups excluding carboxylic acids is 3. The van der Waals surface area contributed by atoms with Gasteiger partial charge in [0.1, 0.15) is 5.82 Å². The van der Waals surface area contributed by atoms with E-state index in [0.29, 0.717) is 44.6 Å². The Morgan fingerprint density at radius 1 is 0.903 bits per heavy atom. The first kappa shape index (κ1) is 21.0. The van der Waals surface area contributed by atoms with Crippen LogP contribution in [0.5, 0.6) is 0 Å². The molecule has 1 fully saturated rings. The van der Waals surface area contributed by atoms with Crippen molar-refractivity contribution < 1.29 is 23.5 Å². The summed E-state index contributed by atoms with van der Waals surface area (Å²) in [6.45, 7) is 1.75. The first-order chi connectivity index (χ1) is 15.0. The van der Waals surface area contributed by atoms with Crippen molar-refractivity contribution in [3.05, 3.63) is 71.0 Å². The highest BCUT2D eigenvalue weighted by Gasteiger charge is 2.30. The molecule has 0 atom stereocenters. The van der Waals surface area contributed by atoms with Crippen molar-refractivity contribution in [2.24, 2.45) is 5.92 Å². The fourth-order valence-electron chi connectivity index (χ4n) is 4.14. The molecular weight excluding hydrogens is 399 g/mol. The summed E-state index contributed by atoms with van der Waals surface area (Å²) >= 11 is 0. The highest BCUT2D eigenvalue weighted by molar-refractivity contribution is 5.94. The van der Waals surface area contributed by atoms with Crippen molar-refractivity contribution in [1.29, 1.82) is 0 Å². The zero-order valence-corrected chi connectivity index (χ0v) is 17.3. The van der Waals surface area contributed by atoms with E-state index in [9.17, 15) is 18.8 Å². The normalized spacial score (nSPS) is 16.5. The fourth-order valence-corrected chi connectivity index (χ4v) is 4.14. The second-order valence-electron chi connectivity index (χ2n) is 8.02. The summed E-state index contributed by atoms with van der Waals surface area (Å²) in [5.41, 5.74) is 2.81. The van der Waals surface area contributed by atoms with Crippen molar-refractivity contribution in [3.63, 3.8) is 0 Å². The van der Waals surface area contributed by atoms with Gasteiger partial charge in [-0.05, 0) is 54.7 Å². The van der Waals surface area contributed by atoms with Crippen molar-refractivity contribution in [2.75, 3.05) is 26.2 Å². The first-order valence-electron chi connectivity index (χ1n) is 10.6. The topological polar surface area (TPSA) is 66.9 Å². The lowest BCUT2D eigenvalue weighted by atomic mass is 9.96. The third kappa shape index (κ3) is 4.93. The quantitative estimate of drug-likeness (QED) is 0.708. The van der Waals surface area contributed by atoms with Crippen molar-refractivity contribution in [1.82, 2.24) is 9.80 Å². The van der Waals surface area contributed by atoms with Gasteiger partial charge in [-0.3, -0.25) is 14.4 Å². The predicted molar refractivity (Wildman–Crippen MR) is 112 cm³/mol. The van der Waals surface area contributed by atoms with Crippen LogP contribution in [0.25, 0.3) is 0 Å². The van der Waals surface area contributed by atoms with E-state index in [1.165, 1.54) is 29.8 Å². The number of esters is 1. The number of ether oxygens (including phenoxy) is 1. The van der Waals surface area contributed by atoms with E-state index in [2.05, 4.69) is 6.07 Å². The number of hydrogen-bond acceptors (Lipinski definition) is 4. The lowest BCUT2D eigenvalue weighted by Gasteiger charge is -2.31. The van der Waals surface area contributed by atoms with E-state index < -0.39 is 0 Å². The smallest absolute Gasteiger partial charge is 0.309 e. The van der Waals surface area contributed by atoms with E-state index in [-0.39, 0.29) is 36.1 Å². The van der Waals surface area contributed by atoms with Gasteiger partial charge in [0, 0.05) is 31.7 Å². The van der Waals surface area contributed by atoms with Crippen molar-refractivity contribution in [2.45, 2.75) is 25.8 Å². The number of hydrogen-bond donors (Lipinski definition) is 0. The third-order valence-electron chi connectivity index (χ3n) is 6.03. The molecule has 4 rings (SSSR count). The lowest BCUT2D eigenvalue weighted by Crippen LogP contribution is -2.42. The van der Waals surface area contributed by atoms with Gasteiger partial charge >= 0.3 is 5.97 Å². The summed E-state index contributed by atoms with van der Waals surface area (Å²) < 4.78 is 18.3. The molecule has 2 aliphatic rings. The molecule has 6 nitrogen and oxygen atoms in total. The molecule has 2 heterocycles. The predicted octanol–water partition coefficient (Wildman–Crippen LogP) is 2.81. The maximum absolute atomic E-state index is 13.0. The molecule has 0 unspecified atom stereocenters. The Hall–Kier alpha value is -3.22. The Morgan fingerprint density at radius 2 is 1.58 bits per heavy atom. The Kier molecular flexibility index (Phi) is 6.30. The van der Waals surface area contributed by atoms with Crippen LogP contribution in [0.4, 0.5) is 4.39 Å². The van der Waals surface area contributed by atoms with Gasteiger partial charge in [0.25, 0.3) is 11.8 Å². The Morgan fingerprint density at radius 3 is 2.29 bits per heavy atom. The highest BCUT2D eigenvalue weighted by atomic mass is 19.1. The Balaban J connectivity index is 1.23. The van der Waals surface area contributed by atoms with Crippen LogP contribution in [0.3, 0.4) is 0 Å². The molecule has 0 aliphatic carbocycles. The van der Waals surface area contributed by atoms with Crippen LogP contribution in [0.1, 0.15) is 34.3 Å². The number of amides is 2. The van der Waals surface area contributed by atoms with Gasteiger partial charge in [-0.2, -0.15) is 0 Å². The molecule has 2 aromatic carbocycles. The van der Waals surface area contributed by atoms with Gasteiger partial charge in [-0.25, -0.2) is 4.39 Å². The summed E-state index contributed by atoms with van der Waals surface area (Å²) in [7, 11) is 0. The van der Waals surface area contributed by atoms with E-state index in [0.717, 1.165) is 12.0 Å². The molecule has 0 radical (unpaired) electrons. The average molecular weight is 424 g/mol. The third-order valence-corrected chi connectivity index (χ3v) is 6.03. The minimum Gasteiger partial charge on any atom is -0.455 e. The monoisotopic (exact) mass is 424 g/mol. The summed E-state index contributed by atoms with van der Waals surface area (Å²) in [4.78, 5) is 40.8. The number of carbonyl (C=O) groups is 3. The zero-order chi connectivity index (χ0) is 21.8. The summed E-state index contributed by atoms with van der Waals surface area (Å²) in [5, 5.41) is 0. The van der Waals surface area contributed by atoms with Gasteiger partial charge < -0.3 is 14.5 Å². The van der Waals surface area contributed by atoms with E-state index in [4.69, 9.17) is 4.74 Å². The molecule has 2 aliphatic heterocycles. The number of benzene rings is 2. The maximum Gasteiger partial charge on any atom is 0.309 e. The van der Waals surface area contributed by atoms with Crippen LogP contribution in [0, 0.1) is 11.7 Å². The summed E-state index contributed by atoms with van der Waals surface area (Å²) in [5.74, 6) is -1.47. The van der Waals surface area contributed by atoms with Gasteiger partial charge in [0.05, 0.1) is 5.92 Å². The van der Waals surface area contributed by atoms with E-state index >= 15 is 0 Å². The number of rotatable bonds is 4. The van der Waals surface area contributed by atoms with Crippen LogP contribution in [-0.2, 0) is 27.3 Å².